The normalized spacial score (nSPS) is 20.5. The van der Waals surface area contributed by atoms with Gasteiger partial charge in [0, 0.05) is 19.1 Å². The lowest BCUT2D eigenvalue weighted by Crippen LogP contribution is -2.36. The van der Waals surface area contributed by atoms with E-state index in [2.05, 4.69) is 59.6 Å². The molecule has 1 unspecified atom stereocenters. The second-order valence-electron chi connectivity index (χ2n) is 4.55. The fourth-order valence-corrected chi connectivity index (χ4v) is 2.38. The number of likely N-dealkylation sites (N-methyl/N-ethyl adjacent to an activating group) is 1. The van der Waals surface area contributed by atoms with Gasteiger partial charge in [0.2, 0.25) is 0 Å². The summed E-state index contributed by atoms with van der Waals surface area (Å²) < 4.78 is 0. The maximum absolute atomic E-state index is 3.43. The molecule has 1 heterocycles. The molecule has 0 amide bonds. The van der Waals surface area contributed by atoms with E-state index in [1.54, 1.807) is 0 Å². The summed E-state index contributed by atoms with van der Waals surface area (Å²) in [5.74, 6) is 0. The molecular formula is C15H22N2. The molecule has 2 heteroatoms. The SMILES string of the molecule is CCN(CC=Cc1ccccc1)C1CCNC1. The molecule has 0 bridgehead atoms. The van der Waals surface area contributed by atoms with Gasteiger partial charge in [-0.2, -0.15) is 0 Å². The Hall–Kier alpha value is -1.12. The molecule has 1 aliphatic heterocycles. The van der Waals surface area contributed by atoms with Crippen molar-refractivity contribution in [3.8, 4) is 0 Å². The molecule has 1 aromatic carbocycles. The molecule has 1 aliphatic rings. The number of benzene rings is 1. The zero-order valence-electron chi connectivity index (χ0n) is 10.6. The second-order valence-corrected chi connectivity index (χ2v) is 4.55. The summed E-state index contributed by atoms with van der Waals surface area (Å²) in [6.07, 6.45) is 5.77. The third-order valence-electron chi connectivity index (χ3n) is 3.41. The second kappa shape index (κ2) is 6.58. The van der Waals surface area contributed by atoms with E-state index < -0.39 is 0 Å². The van der Waals surface area contributed by atoms with Gasteiger partial charge in [0.15, 0.2) is 0 Å². The van der Waals surface area contributed by atoms with Crippen LogP contribution in [-0.4, -0.2) is 37.1 Å². The van der Waals surface area contributed by atoms with Crippen molar-refractivity contribution in [3.05, 3.63) is 42.0 Å². The van der Waals surface area contributed by atoms with Crippen LogP contribution in [0.15, 0.2) is 36.4 Å². The van der Waals surface area contributed by atoms with E-state index in [1.807, 2.05) is 0 Å². The third-order valence-corrected chi connectivity index (χ3v) is 3.41. The maximum Gasteiger partial charge on any atom is 0.0235 e. The van der Waals surface area contributed by atoms with Gasteiger partial charge in [0.05, 0.1) is 0 Å². The highest BCUT2D eigenvalue weighted by atomic mass is 15.2. The van der Waals surface area contributed by atoms with Gasteiger partial charge >= 0.3 is 0 Å². The molecule has 0 radical (unpaired) electrons. The lowest BCUT2D eigenvalue weighted by atomic mass is 10.2. The molecule has 17 heavy (non-hydrogen) atoms. The highest BCUT2D eigenvalue weighted by Gasteiger charge is 2.19. The van der Waals surface area contributed by atoms with Crippen molar-refractivity contribution in [2.45, 2.75) is 19.4 Å². The Kier molecular flexibility index (Phi) is 4.77. The Morgan fingerprint density at radius 2 is 2.18 bits per heavy atom. The maximum atomic E-state index is 3.43. The van der Waals surface area contributed by atoms with Crippen LogP contribution in [0.1, 0.15) is 18.9 Å². The van der Waals surface area contributed by atoms with Gasteiger partial charge < -0.3 is 5.32 Å². The van der Waals surface area contributed by atoms with Crippen LogP contribution in [0.25, 0.3) is 6.08 Å². The van der Waals surface area contributed by atoms with Crippen LogP contribution >= 0.6 is 0 Å². The summed E-state index contributed by atoms with van der Waals surface area (Å²) in [6.45, 7) is 6.74. The number of nitrogens with one attached hydrogen (secondary N) is 1. The fourth-order valence-electron chi connectivity index (χ4n) is 2.38. The Balaban J connectivity index is 1.85. The predicted octanol–water partition coefficient (Wildman–Crippen LogP) is 2.38. The highest BCUT2D eigenvalue weighted by Crippen LogP contribution is 2.08. The minimum atomic E-state index is 0.723. The minimum absolute atomic E-state index is 0.723. The van der Waals surface area contributed by atoms with Crippen molar-refractivity contribution in [2.24, 2.45) is 0 Å². The average Bonchev–Trinajstić information content (AvgIpc) is 2.90. The van der Waals surface area contributed by atoms with Gasteiger partial charge in [0.25, 0.3) is 0 Å². The number of hydrogen-bond acceptors (Lipinski definition) is 2. The van der Waals surface area contributed by atoms with Crippen molar-refractivity contribution in [3.63, 3.8) is 0 Å². The average molecular weight is 230 g/mol. The highest BCUT2D eigenvalue weighted by molar-refractivity contribution is 5.48. The Morgan fingerprint density at radius 1 is 1.35 bits per heavy atom. The van der Waals surface area contributed by atoms with Crippen LogP contribution in [0.2, 0.25) is 0 Å². The lowest BCUT2D eigenvalue weighted by Gasteiger charge is -2.25. The van der Waals surface area contributed by atoms with Crippen LogP contribution in [0, 0.1) is 0 Å². The molecule has 0 aliphatic carbocycles. The van der Waals surface area contributed by atoms with Crippen molar-refractivity contribution < 1.29 is 0 Å². The number of hydrogen-bond donors (Lipinski definition) is 1. The van der Waals surface area contributed by atoms with Crippen LogP contribution < -0.4 is 5.32 Å². The molecule has 2 nitrogen and oxygen atoms in total. The first-order chi connectivity index (χ1) is 8.40. The first-order valence-electron chi connectivity index (χ1n) is 6.56. The molecule has 1 N–H and O–H groups in total. The van der Waals surface area contributed by atoms with Gasteiger partial charge in [-0.25, -0.2) is 0 Å². The van der Waals surface area contributed by atoms with E-state index in [0.29, 0.717) is 0 Å². The smallest absolute Gasteiger partial charge is 0.0235 e. The van der Waals surface area contributed by atoms with Crippen LogP contribution in [0.4, 0.5) is 0 Å². The van der Waals surface area contributed by atoms with Crippen molar-refractivity contribution >= 4 is 6.08 Å². The van der Waals surface area contributed by atoms with Crippen molar-refractivity contribution in [1.82, 2.24) is 10.2 Å². The van der Waals surface area contributed by atoms with E-state index in [0.717, 1.165) is 25.7 Å². The van der Waals surface area contributed by atoms with Crippen LogP contribution in [-0.2, 0) is 0 Å². The Bertz CT molecular complexity index is 339. The summed E-state index contributed by atoms with van der Waals surface area (Å²) >= 11 is 0. The van der Waals surface area contributed by atoms with Gasteiger partial charge in [0.1, 0.15) is 0 Å². The van der Waals surface area contributed by atoms with E-state index in [4.69, 9.17) is 0 Å². The molecule has 92 valence electrons. The summed E-state index contributed by atoms with van der Waals surface area (Å²) in [7, 11) is 0. The first-order valence-corrected chi connectivity index (χ1v) is 6.56. The summed E-state index contributed by atoms with van der Waals surface area (Å²) in [6, 6.07) is 11.2. The molecule has 0 aromatic heterocycles. The van der Waals surface area contributed by atoms with Gasteiger partial charge in [-0.05, 0) is 25.1 Å². The Morgan fingerprint density at radius 3 is 2.82 bits per heavy atom. The first kappa shape index (κ1) is 12.3. The fraction of sp³-hybridized carbons (Fsp3) is 0.467. The zero-order valence-corrected chi connectivity index (χ0v) is 10.6. The standard InChI is InChI=1S/C15H22N2/c1-2-17(15-10-11-16-13-15)12-6-9-14-7-4-3-5-8-14/h3-9,15-16H,2,10-13H2,1H3. The van der Waals surface area contributed by atoms with Gasteiger partial charge in [-0.15, -0.1) is 0 Å². The minimum Gasteiger partial charge on any atom is -0.315 e. The molecule has 0 spiro atoms. The largest absolute Gasteiger partial charge is 0.315 e. The molecule has 1 atom stereocenters. The zero-order chi connectivity index (χ0) is 11.9. The van der Waals surface area contributed by atoms with E-state index in [9.17, 15) is 0 Å². The summed E-state index contributed by atoms with van der Waals surface area (Å²) in [5, 5.41) is 3.43. The van der Waals surface area contributed by atoms with Crippen molar-refractivity contribution in [1.29, 1.82) is 0 Å². The van der Waals surface area contributed by atoms with E-state index in [1.165, 1.54) is 18.5 Å². The monoisotopic (exact) mass is 230 g/mol. The molecule has 1 saturated heterocycles. The topological polar surface area (TPSA) is 15.3 Å². The van der Waals surface area contributed by atoms with Crippen LogP contribution in [0.3, 0.4) is 0 Å². The van der Waals surface area contributed by atoms with E-state index >= 15 is 0 Å². The molecule has 1 fully saturated rings. The predicted molar refractivity (Wildman–Crippen MR) is 74.0 cm³/mol. The van der Waals surface area contributed by atoms with Gasteiger partial charge in [-0.3, -0.25) is 4.90 Å². The quantitative estimate of drug-likeness (QED) is 0.835. The van der Waals surface area contributed by atoms with Gasteiger partial charge in [-0.1, -0.05) is 49.4 Å². The molecule has 0 saturated carbocycles. The van der Waals surface area contributed by atoms with Crippen molar-refractivity contribution in [2.75, 3.05) is 26.2 Å². The lowest BCUT2D eigenvalue weighted by molar-refractivity contribution is 0.243. The number of nitrogens with zero attached hydrogens (tertiary/aromatic N) is 1. The molecular weight excluding hydrogens is 208 g/mol. The number of rotatable bonds is 5. The Labute approximate surface area is 104 Å². The van der Waals surface area contributed by atoms with Crippen LogP contribution in [0.5, 0.6) is 0 Å². The summed E-state index contributed by atoms with van der Waals surface area (Å²) in [4.78, 5) is 2.54. The van der Waals surface area contributed by atoms with E-state index in [-0.39, 0.29) is 0 Å². The third kappa shape index (κ3) is 3.69. The summed E-state index contributed by atoms with van der Waals surface area (Å²) in [5.41, 5.74) is 1.29. The molecule has 2 rings (SSSR count). The molecule has 1 aromatic rings.